The molecule has 2 heterocycles. The predicted octanol–water partition coefficient (Wildman–Crippen LogP) is 3.03. The Labute approximate surface area is 145 Å². The minimum absolute atomic E-state index is 0.0641. The van der Waals surface area contributed by atoms with Gasteiger partial charge in [-0.05, 0) is 27.2 Å². The van der Waals surface area contributed by atoms with Gasteiger partial charge in [-0.3, -0.25) is 0 Å². The van der Waals surface area contributed by atoms with E-state index in [1.165, 1.54) is 6.07 Å². The average molecular weight is 360 g/mol. The van der Waals surface area contributed by atoms with Gasteiger partial charge >= 0.3 is 12.3 Å². The number of aromatic nitrogens is 2. The Morgan fingerprint density at radius 1 is 1.16 bits per heavy atom. The van der Waals surface area contributed by atoms with Crippen molar-refractivity contribution in [1.29, 1.82) is 0 Å². The molecule has 1 fully saturated rings. The lowest BCUT2D eigenvalue weighted by Crippen LogP contribution is -2.39. The zero-order valence-corrected chi connectivity index (χ0v) is 14.6. The Morgan fingerprint density at radius 3 is 2.52 bits per heavy atom. The maximum Gasteiger partial charge on any atom is 0.410 e. The fourth-order valence-corrected chi connectivity index (χ4v) is 2.52. The van der Waals surface area contributed by atoms with Gasteiger partial charge in [0, 0.05) is 32.2 Å². The van der Waals surface area contributed by atoms with Gasteiger partial charge in [0.25, 0.3) is 0 Å². The van der Waals surface area contributed by atoms with E-state index in [1.807, 2.05) is 4.90 Å². The molecule has 0 aliphatic carbocycles. The smallest absolute Gasteiger partial charge is 0.410 e. The third kappa shape index (κ3) is 6.39. The van der Waals surface area contributed by atoms with E-state index >= 15 is 0 Å². The molecule has 25 heavy (non-hydrogen) atoms. The van der Waals surface area contributed by atoms with Gasteiger partial charge in [0.05, 0.1) is 12.1 Å². The molecule has 1 aromatic heterocycles. The van der Waals surface area contributed by atoms with Crippen LogP contribution in [0.3, 0.4) is 0 Å². The molecule has 140 valence electrons. The second-order valence-corrected chi connectivity index (χ2v) is 6.97. The maximum absolute atomic E-state index is 12.5. The number of halogens is 3. The van der Waals surface area contributed by atoms with Crippen LogP contribution in [0, 0.1) is 0 Å². The van der Waals surface area contributed by atoms with E-state index in [9.17, 15) is 18.0 Å². The number of rotatable bonds is 2. The first-order valence-electron chi connectivity index (χ1n) is 8.14. The Bertz CT molecular complexity index is 602. The number of hydrogen-bond acceptors (Lipinski definition) is 5. The van der Waals surface area contributed by atoms with Gasteiger partial charge in [-0.25, -0.2) is 14.8 Å². The molecule has 1 saturated heterocycles. The van der Waals surface area contributed by atoms with E-state index < -0.39 is 18.2 Å². The van der Waals surface area contributed by atoms with Crippen molar-refractivity contribution in [2.45, 2.75) is 45.4 Å². The molecular formula is C16H23F3N4O2. The normalized spacial score (nSPS) is 16.6. The molecule has 0 saturated carbocycles. The van der Waals surface area contributed by atoms with E-state index in [-0.39, 0.29) is 11.8 Å². The van der Waals surface area contributed by atoms with Crippen LogP contribution in [0.2, 0.25) is 0 Å². The zero-order chi connectivity index (χ0) is 18.7. The van der Waals surface area contributed by atoms with Crippen LogP contribution in [0.5, 0.6) is 0 Å². The molecule has 9 heteroatoms. The molecular weight excluding hydrogens is 337 g/mol. The molecule has 0 aromatic carbocycles. The quantitative estimate of drug-likeness (QED) is 0.811. The van der Waals surface area contributed by atoms with Crippen LogP contribution < -0.4 is 4.90 Å². The first-order chi connectivity index (χ1) is 11.5. The van der Waals surface area contributed by atoms with Crippen molar-refractivity contribution in [3.63, 3.8) is 0 Å². The highest BCUT2D eigenvalue weighted by Crippen LogP contribution is 2.22. The summed E-state index contributed by atoms with van der Waals surface area (Å²) in [4.78, 5) is 23.4. The molecule has 6 nitrogen and oxygen atoms in total. The van der Waals surface area contributed by atoms with Gasteiger partial charge in [0.2, 0.25) is 0 Å². The molecule has 1 aliphatic heterocycles. The van der Waals surface area contributed by atoms with E-state index in [0.717, 1.165) is 6.33 Å². The van der Waals surface area contributed by atoms with Crippen LogP contribution in [-0.2, 0) is 11.2 Å². The summed E-state index contributed by atoms with van der Waals surface area (Å²) in [7, 11) is 0. The molecule has 1 aliphatic rings. The summed E-state index contributed by atoms with van der Waals surface area (Å²) in [6, 6.07) is 1.36. The molecule has 0 N–H and O–H groups in total. The minimum atomic E-state index is -4.31. The molecule has 1 aromatic rings. The van der Waals surface area contributed by atoms with Gasteiger partial charge in [-0.15, -0.1) is 0 Å². The summed E-state index contributed by atoms with van der Waals surface area (Å²) in [6.07, 6.45) is -3.95. The number of ether oxygens (including phenoxy) is 1. The topological polar surface area (TPSA) is 58.6 Å². The molecule has 0 atom stereocenters. The third-order valence-corrected chi connectivity index (χ3v) is 3.56. The summed E-state index contributed by atoms with van der Waals surface area (Å²) >= 11 is 0. The Morgan fingerprint density at radius 2 is 1.88 bits per heavy atom. The fraction of sp³-hybridized carbons (Fsp3) is 0.688. The van der Waals surface area contributed by atoms with E-state index in [4.69, 9.17) is 4.74 Å². The molecule has 0 radical (unpaired) electrons. The first-order valence-corrected chi connectivity index (χ1v) is 8.14. The molecule has 1 amide bonds. The van der Waals surface area contributed by atoms with Crippen molar-refractivity contribution in [2.75, 3.05) is 31.1 Å². The van der Waals surface area contributed by atoms with Crippen molar-refractivity contribution in [2.24, 2.45) is 0 Å². The van der Waals surface area contributed by atoms with Crippen molar-refractivity contribution in [3.05, 3.63) is 18.1 Å². The maximum atomic E-state index is 12.5. The summed E-state index contributed by atoms with van der Waals surface area (Å²) in [5, 5.41) is 0. The zero-order valence-electron chi connectivity index (χ0n) is 14.6. The van der Waals surface area contributed by atoms with Crippen LogP contribution in [0.1, 0.15) is 32.9 Å². The molecule has 0 bridgehead atoms. The number of anilines is 1. The number of carbonyl (C=O) groups is 1. The van der Waals surface area contributed by atoms with Crippen LogP contribution in [0.4, 0.5) is 23.8 Å². The van der Waals surface area contributed by atoms with Gasteiger partial charge in [-0.2, -0.15) is 13.2 Å². The summed E-state index contributed by atoms with van der Waals surface area (Å²) < 4.78 is 42.9. The predicted molar refractivity (Wildman–Crippen MR) is 86.4 cm³/mol. The first kappa shape index (κ1) is 19.3. The second-order valence-electron chi connectivity index (χ2n) is 6.97. The number of hydrogen-bond donors (Lipinski definition) is 0. The number of amides is 1. The number of nitrogens with zero attached hydrogens (tertiary/aromatic N) is 4. The SMILES string of the molecule is CC(C)(C)OC(=O)N1CCCN(c2cc(CC(F)(F)F)ncn2)CC1. The van der Waals surface area contributed by atoms with Crippen molar-refractivity contribution >= 4 is 11.9 Å². The minimum Gasteiger partial charge on any atom is -0.444 e. The summed E-state index contributed by atoms with van der Waals surface area (Å²) in [5.41, 5.74) is -0.631. The van der Waals surface area contributed by atoms with Crippen molar-refractivity contribution in [1.82, 2.24) is 14.9 Å². The fourth-order valence-electron chi connectivity index (χ4n) is 2.52. The van der Waals surface area contributed by atoms with Crippen molar-refractivity contribution < 1.29 is 22.7 Å². The van der Waals surface area contributed by atoms with E-state index in [2.05, 4.69) is 9.97 Å². The van der Waals surface area contributed by atoms with E-state index in [1.54, 1.807) is 25.7 Å². The van der Waals surface area contributed by atoms with Crippen LogP contribution in [-0.4, -0.2) is 58.9 Å². The number of carbonyl (C=O) groups excluding carboxylic acids is 1. The Balaban J connectivity index is 2.01. The third-order valence-electron chi connectivity index (χ3n) is 3.56. The second kappa shape index (κ2) is 7.45. The van der Waals surface area contributed by atoms with Gasteiger partial charge < -0.3 is 14.5 Å². The van der Waals surface area contributed by atoms with Crippen LogP contribution in [0.25, 0.3) is 0 Å². The summed E-state index contributed by atoms with van der Waals surface area (Å²) in [5.74, 6) is 0.445. The van der Waals surface area contributed by atoms with Gasteiger partial charge in [0.1, 0.15) is 17.7 Å². The van der Waals surface area contributed by atoms with Crippen LogP contribution >= 0.6 is 0 Å². The summed E-state index contributed by atoms with van der Waals surface area (Å²) in [6.45, 7) is 7.44. The highest BCUT2D eigenvalue weighted by Gasteiger charge is 2.29. The van der Waals surface area contributed by atoms with Crippen LogP contribution in [0.15, 0.2) is 12.4 Å². The lowest BCUT2D eigenvalue weighted by molar-refractivity contribution is -0.127. The molecule has 0 spiro atoms. The largest absolute Gasteiger partial charge is 0.444 e. The van der Waals surface area contributed by atoms with E-state index in [0.29, 0.717) is 38.4 Å². The highest BCUT2D eigenvalue weighted by atomic mass is 19.4. The number of alkyl halides is 3. The molecule has 2 rings (SSSR count). The standard InChI is InChI=1S/C16H23F3N4O2/c1-15(2,3)25-14(24)23-6-4-5-22(7-8-23)13-9-12(20-11-21-13)10-16(17,18)19/h9,11H,4-8,10H2,1-3H3. The van der Waals surface area contributed by atoms with Crippen molar-refractivity contribution in [3.8, 4) is 0 Å². The monoisotopic (exact) mass is 360 g/mol. The van der Waals surface area contributed by atoms with Gasteiger partial charge in [-0.1, -0.05) is 0 Å². The highest BCUT2D eigenvalue weighted by molar-refractivity contribution is 5.68. The Kier molecular flexibility index (Phi) is 5.74. The lowest BCUT2D eigenvalue weighted by Gasteiger charge is -2.26. The lowest BCUT2D eigenvalue weighted by atomic mass is 10.2. The van der Waals surface area contributed by atoms with Gasteiger partial charge in [0.15, 0.2) is 0 Å². The average Bonchev–Trinajstić information content (AvgIpc) is 2.69. The Hall–Kier alpha value is -2.06. The molecule has 0 unspecified atom stereocenters.